The van der Waals surface area contributed by atoms with Crippen molar-refractivity contribution in [1.82, 2.24) is 9.80 Å². The number of ether oxygens (including phenoxy) is 1. The first-order valence-corrected chi connectivity index (χ1v) is 7.89. The number of fused-ring (bicyclic) bond motifs is 1. The van der Waals surface area contributed by atoms with Gasteiger partial charge in [-0.05, 0) is 45.1 Å². The average Bonchev–Trinajstić information content (AvgIpc) is 2.34. The van der Waals surface area contributed by atoms with Gasteiger partial charge in [-0.3, -0.25) is 4.90 Å². The van der Waals surface area contributed by atoms with Crippen LogP contribution in [0.2, 0.25) is 0 Å². The first-order chi connectivity index (χ1) is 10.3. The van der Waals surface area contributed by atoms with E-state index in [9.17, 15) is 13.2 Å². The van der Waals surface area contributed by atoms with Gasteiger partial charge in [0, 0.05) is 18.0 Å². The zero-order chi connectivity index (χ0) is 15.9. The zero-order valence-electron chi connectivity index (χ0n) is 12.4. The first-order valence-electron chi connectivity index (χ1n) is 7.48. The van der Waals surface area contributed by atoms with Crippen molar-refractivity contribution in [2.75, 3.05) is 33.2 Å². The third kappa shape index (κ3) is 3.21. The van der Waals surface area contributed by atoms with Crippen LogP contribution in [0.15, 0.2) is 23.5 Å². The smallest absolute Gasteiger partial charge is 0.416 e. The number of rotatable bonds is 3. The number of thiocarbonyl (C=S) groups is 1. The minimum atomic E-state index is -4.39. The number of nitrogens with zero attached hydrogens (tertiary/aromatic N) is 2. The van der Waals surface area contributed by atoms with E-state index < -0.39 is 11.7 Å². The van der Waals surface area contributed by atoms with Gasteiger partial charge in [0.05, 0.1) is 5.57 Å². The molecular weight excluding hydrogens is 313 g/mol. The summed E-state index contributed by atoms with van der Waals surface area (Å²) in [5, 5.41) is 0. The molecule has 0 aromatic heterocycles. The Bertz CT molecular complexity index is 525. The number of morpholine rings is 1. The van der Waals surface area contributed by atoms with Crippen molar-refractivity contribution >= 4 is 17.1 Å². The third-order valence-corrected chi connectivity index (χ3v) is 4.75. The second-order valence-corrected chi connectivity index (χ2v) is 6.58. The second-order valence-electron chi connectivity index (χ2n) is 6.11. The summed E-state index contributed by atoms with van der Waals surface area (Å²) in [6, 6.07) is -0.346. The molecule has 2 aliphatic heterocycles. The normalized spacial score (nSPS) is 30.1. The maximum atomic E-state index is 12.9. The quantitative estimate of drug-likeness (QED) is 0.738. The highest BCUT2D eigenvalue weighted by Crippen LogP contribution is 2.35. The lowest BCUT2D eigenvalue weighted by Gasteiger charge is -2.42. The molecule has 0 amide bonds. The fourth-order valence-corrected chi connectivity index (χ4v) is 3.50. The van der Waals surface area contributed by atoms with Crippen LogP contribution in [0.5, 0.6) is 0 Å². The van der Waals surface area contributed by atoms with E-state index in [2.05, 4.69) is 4.90 Å². The molecular formula is C15H19F3N2OS. The molecule has 0 bridgehead atoms. The molecule has 0 saturated carbocycles. The standard InChI is InChI=1S/C15H19F3N2OS/c1-19-9-11(3-6-20-4-2-5-20)21-12-7-10(15(16,17)18)8-13(22)14(12)19/h7-8,11,14H,2-6,9H2,1H3. The summed E-state index contributed by atoms with van der Waals surface area (Å²) in [6.07, 6.45) is -0.271. The number of allylic oxidation sites excluding steroid dienone is 2. The Hall–Kier alpha value is -0.920. The molecule has 2 heterocycles. The number of likely N-dealkylation sites (N-methyl/N-ethyl adjacent to an activating group) is 1. The van der Waals surface area contributed by atoms with Crippen LogP contribution < -0.4 is 0 Å². The van der Waals surface area contributed by atoms with E-state index in [1.54, 1.807) is 0 Å². The van der Waals surface area contributed by atoms with Crippen LogP contribution in [0.25, 0.3) is 0 Å². The molecule has 22 heavy (non-hydrogen) atoms. The van der Waals surface area contributed by atoms with Crippen molar-refractivity contribution in [3.05, 3.63) is 23.5 Å². The molecule has 3 aliphatic rings. The van der Waals surface area contributed by atoms with Crippen molar-refractivity contribution in [3.8, 4) is 0 Å². The van der Waals surface area contributed by atoms with Crippen molar-refractivity contribution in [2.45, 2.75) is 31.2 Å². The maximum absolute atomic E-state index is 12.9. The molecule has 3 rings (SSSR count). The Balaban J connectivity index is 1.71. The lowest BCUT2D eigenvalue weighted by atomic mass is 9.96. The Labute approximate surface area is 133 Å². The van der Waals surface area contributed by atoms with E-state index in [1.165, 1.54) is 6.42 Å². The number of halogens is 3. The van der Waals surface area contributed by atoms with Gasteiger partial charge in [-0.1, -0.05) is 12.2 Å². The molecule has 7 heteroatoms. The zero-order valence-corrected chi connectivity index (χ0v) is 13.2. The van der Waals surface area contributed by atoms with Gasteiger partial charge < -0.3 is 9.64 Å². The van der Waals surface area contributed by atoms with Crippen molar-refractivity contribution in [3.63, 3.8) is 0 Å². The first kappa shape index (κ1) is 16.0. The van der Waals surface area contributed by atoms with Gasteiger partial charge in [0.15, 0.2) is 0 Å². The van der Waals surface area contributed by atoms with Crippen LogP contribution >= 0.6 is 12.2 Å². The molecule has 122 valence electrons. The second kappa shape index (κ2) is 5.94. The van der Waals surface area contributed by atoms with Crippen LogP contribution in [0.4, 0.5) is 13.2 Å². The molecule has 0 spiro atoms. The van der Waals surface area contributed by atoms with Gasteiger partial charge in [0.2, 0.25) is 0 Å². The SMILES string of the molecule is CN1CC(CCN2CCC2)OC2=CC(C(F)(F)F)=CC(=S)C21. The number of likely N-dealkylation sites (tertiary alicyclic amines) is 1. The minimum absolute atomic E-state index is 0.0801. The van der Waals surface area contributed by atoms with Crippen LogP contribution in [0.1, 0.15) is 12.8 Å². The molecule has 3 nitrogen and oxygen atoms in total. The van der Waals surface area contributed by atoms with Crippen LogP contribution in [0, 0.1) is 0 Å². The molecule has 0 aromatic carbocycles. The maximum Gasteiger partial charge on any atom is 0.416 e. The highest BCUT2D eigenvalue weighted by Gasteiger charge is 2.41. The van der Waals surface area contributed by atoms with E-state index in [1.807, 2.05) is 11.9 Å². The summed E-state index contributed by atoms with van der Waals surface area (Å²) < 4.78 is 44.6. The van der Waals surface area contributed by atoms with Crippen molar-refractivity contribution in [1.29, 1.82) is 0 Å². The summed E-state index contributed by atoms with van der Waals surface area (Å²) in [5.74, 6) is 0.335. The lowest BCUT2D eigenvalue weighted by Crippen LogP contribution is -2.51. The highest BCUT2D eigenvalue weighted by molar-refractivity contribution is 7.81. The van der Waals surface area contributed by atoms with Crippen molar-refractivity contribution < 1.29 is 17.9 Å². The number of hydrogen-bond acceptors (Lipinski definition) is 4. The molecule has 0 radical (unpaired) electrons. The molecule has 2 saturated heterocycles. The highest BCUT2D eigenvalue weighted by atomic mass is 32.1. The van der Waals surface area contributed by atoms with E-state index in [-0.39, 0.29) is 17.0 Å². The van der Waals surface area contributed by atoms with Crippen LogP contribution in [-0.2, 0) is 4.74 Å². The van der Waals surface area contributed by atoms with Gasteiger partial charge in [-0.25, -0.2) is 0 Å². The largest absolute Gasteiger partial charge is 0.491 e. The van der Waals surface area contributed by atoms with E-state index >= 15 is 0 Å². The van der Waals surface area contributed by atoms with Crippen LogP contribution in [-0.4, -0.2) is 66.2 Å². The fraction of sp³-hybridized carbons (Fsp3) is 0.667. The lowest BCUT2D eigenvalue weighted by molar-refractivity contribution is -0.0893. The summed E-state index contributed by atoms with van der Waals surface area (Å²) in [6.45, 7) is 3.84. The van der Waals surface area contributed by atoms with E-state index in [0.717, 1.165) is 38.2 Å². The topological polar surface area (TPSA) is 15.7 Å². The molecule has 0 aromatic rings. The van der Waals surface area contributed by atoms with Gasteiger partial charge in [-0.15, -0.1) is 0 Å². The van der Waals surface area contributed by atoms with E-state index in [0.29, 0.717) is 12.3 Å². The van der Waals surface area contributed by atoms with Crippen LogP contribution in [0.3, 0.4) is 0 Å². The molecule has 2 fully saturated rings. The minimum Gasteiger partial charge on any atom is -0.491 e. The Kier molecular flexibility index (Phi) is 4.31. The summed E-state index contributed by atoms with van der Waals surface area (Å²) in [4.78, 5) is 4.59. The predicted octanol–water partition coefficient (Wildman–Crippen LogP) is 2.54. The molecule has 2 atom stereocenters. The summed E-state index contributed by atoms with van der Waals surface area (Å²) >= 11 is 5.15. The average molecular weight is 332 g/mol. The monoisotopic (exact) mass is 332 g/mol. The van der Waals surface area contributed by atoms with Gasteiger partial charge >= 0.3 is 6.18 Å². The predicted molar refractivity (Wildman–Crippen MR) is 81.8 cm³/mol. The van der Waals surface area contributed by atoms with E-state index in [4.69, 9.17) is 17.0 Å². The summed E-state index contributed by atoms with van der Waals surface area (Å²) in [7, 11) is 1.89. The van der Waals surface area contributed by atoms with Crippen molar-refractivity contribution in [2.24, 2.45) is 0 Å². The molecule has 0 N–H and O–H groups in total. The van der Waals surface area contributed by atoms with Gasteiger partial charge in [0.1, 0.15) is 17.9 Å². The third-order valence-electron chi connectivity index (χ3n) is 4.41. The van der Waals surface area contributed by atoms with Gasteiger partial charge in [0.25, 0.3) is 0 Å². The molecule has 2 unspecified atom stereocenters. The number of alkyl halides is 3. The summed E-state index contributed by atoms with van der Waals surface area (Å²) in [5.41, 5.74) is -0.722. The number of hydrogen-bond donors (Lipinski definition) is 0. The fourth-order valence-electron chi connectivity index (χ4n) is 3.08. The Morgan fingerprint density at radius 1 is 1.32 bits per heavy atom. The molecule has 1 aliphatic carbocycles. The van der Waals surface area contributed by atoms with Gasteiger partial charge in [-0.2, -0.15) is 13.2 Å². The Morgan fingerprint density at radius 2 is 2.05 bits per heavy atom. The Morgan fingerprint density at radius 3 is 2.64 bits per heavy atom.